The van der Waals surface area contributed by atoms with E-state index < -0.39 is 0 Å². The lowest BCUT2D eigenvalue weighted by molar-refractivity contribution is 0.0366. The molecule has 1 aromatic heterocycles. The summed E-state index contributed by atoms with van der Waals surface area (Å²) in [6, 6.07) is 24.3. The van der Waals surface area contributed by atoms with E-state index in [1.165, 1.54) is 21.6 Å². The number of hydrogen-bond donors (Lipinski definition) is 1. The summed E-state index contributed by atoms with van der Waals surface area (Å²) in [5.41, 5.74) is 4.21. The van der Waals surface area contributed by atoms with Crippen molar-refractivity contribution in [1.29, 1.82) is 0 Å². The van der Waals surface area contributed by atoms with Gasteiger partial charge in [-0.1, -0.05) is 60.7 Å². The van der Waals surface area contributed by atoms with Crippen molar-refractivity contribution in [3.05, 3.63) is 93.7 Å². The minimum atomic E-state index is 0.137. The third-order valence-electron chi connectivity index (χ3n) is 7.22. The molecular weight excluding hydrogens is 438 g/mol. The molecule has 1 atom stereocenters. The molecule has 0 saturated carbocycles. The maximum absolute atomic E-state index is 6.37. The van der Waals surface area contributed by atoms with E-state index in [1.54, 1.807) is 11.3 Å². The number of thiophene rings is 1. The van der Waals surface area contributed by atoms with Gasteiger partial charge in [0.25, 0.3) is 0 Å². The van der Waals surface area contributed by atoms with Gasteiger partial charge in [-0.25, -0.2) is 0 Å². The number of likely N-dealkylation sites (tertiary alicyclic amines) is 1. The second-order valence-corrected chi connectivity index (χ2v) is 10.6. The summed E-state index contributed by atoms with van der Waals surface area (Å²) in [7, 11) is 6.45. The lowest BCUT2D eigenvalue weighted by Crippen LogP contribution is -2.50. The van der Waals surface area contributed by atoms with Crippen LogP contribution in [0.25, 0.3) is 0 Å². The van der Waals surface area contributed by atoms with Crippen molar-refractivity contribution in [2.75, 3.05) is 40.8 Å². The highest BCUT2D eigenvalue weighted by molar-refractivity contribution is 7.10. The van der Waals surface area contributed by atoms with Gasteiger partial charge in [-0.2, -0.15) is 0 Å². The molecule has 1 aliphatic heterocycles. The molecule has 0 amide bonds. The monoisotopic (exact) mass is 477 g/mol. The molecule has 0 bridgehead atoms. The average molecular weight is 478 g/mol. The van der Waals surface area contributed by atoms with Gasteiger partial charge < -0.3 is 10.1 Å². The zero-order valence-corrected chi connectivity index (χ0v) is 21.7. The Bertz CT molecular complexity index is 982. The lowest BCUT2D eigenvalue weighted by Gasteiger charge is -2.46. The normalized spacial score (nSPS) is 17.2. The lowest BCUT2D eigenvalue weighted by atomic mass is 9.79. The van der Waals surface area contributed by atoms with Crippen LogP contribution in [0.5, 0.6) is 0 Å². The molecule has 3 aromatic rings. The Kier molecular flexibility index (Phi) is 8.92. The smallest absolute Gasteiger partial charge is 0.0933 e. The molecule has 0 aliphatic carbocycles. The zero-order chi connectivity index (χ0) is 23.8. The van der Waals surface area contributed by atoms with Crippen LogP contribution in [0.4, 0.5) is 0 Å². The van der Waals surface area contributed by atoms with E-state index >= 15 is 0 Å². The van der Waals surface area contributed by atoms with Gasteiger partial charge in [0, 0.05) is 30.1 Å². The third-order valence-corrected chi connectivity index (χ3v) is 8.18. The van der Waals surface area contributed by atoms with Crippen LogP contribution in [-0.2, 0) is 23.4 Å². The second-order valence-electron chi connectivity index (χ2n) is 9.60. The van der Waals surface area contributed by atoms with Crippen molar-refractivity contribution in [2.24, 2.45) is 0 Å². The summed E-state index contributed by atoms with van der Waals surface area (Å²) in [6.45, 7) is 4.82. The molecule has 1 saturated heterocycles. The van der Waals surface area contributed by atoms with Gasteiger partial charge in [0.15, 0.2) is 0 Å². The molecule has 1 N–H and O–H groups in total. The van der Waals surface area contributed by atoms with Gasteiger partial charge >= 0.3 is 0 Å². The standard InChI is InChI=1S/C29H39N3OS/c1-30-17-14-27(28-13-8-20-34-28)33-23-25-10-7-9-24(21-25)22-32-18-15-29(16-19-32,31(2)3)26-11-5-4-6-12-26/h4-13,20-21,27,30H,14-19,22-23H2,1-3H3. The van der Waals surface area contributed by atoms with Gasteiger partial charge in [-0.05, 0) is 75.1 Å². The molecule has 5 heteroatoms. The maximum atomic E-state index is 6.37. The number of benzene rings is 2. The molecule has 2 aromatic carbocycles. The first-order valence-corrected chi connectivity index (χ1v) is 13.3. The van der Waals surface area contributed by atoms with E-state index in [9.17, 15) is 0 Å². The molecule has 2 heterocycles. The number of nitrogens with zero attached hydrogens (tertiary/aromatic N) is 2. The summed E-state index contributed by atoms with van der Waals surface area (Å²) in [5, 5.41) is 5.38. The van der Waals surface area contributed by atoms with Crippen LogP contribution in [-0.4, -0.2) is 50.6 Å². The zero-order valence-electron chi connectivity index (χ0n) is 20.9. The van der Waals surface area contributed by atoms with Crippen LogP contribution >= 0.6 is 11.3 Å². The number of rotatable bonds is 11. The molecule has 0 radical (unpaired) electrons. The molecular formula is C29H39N3OS. The van der Waals surface area contributed by atoms with E-state index in [4.69, 9.17) is 4.74 Å². The summed E-state index contributed by atoms with van der Waals surface area (Å²) in [4.78, 5) is 6.34. The van der Waals surface area contributed by atoms with Gasteiger partial charge in [0.1, 0.15) is 0 Å². The highest BCUT2D eigenvalue weighted by atomic mass is 32.1. The molecule has 1 unspecified atom stereocenters. The van der Waals surface area contributed by atoms with Gasteiger partial charge in [-0.15, -0.1) is 11.3 Å². The molecule has 182 valence electrons. The topological polar surface area (TPSA) is 27.7 Å². The van der Waals surface area contributed by atoms with E-state index in [2.05, 4.69) is 101 Å². The maximum Gasteiger partial charge on any atom is 0.0933 e. The predicted molar refractivity (Wildman–Crippen MR) is 143 cm³/mol. The highest BCUT2D eigenvalue weighted by Crippen LogP contribution is 2.37. The molecule has 4 nitrogen and oxygen atoms in total. The van der Waals surface area contributed by atoms with Crippen molar-refractivity contribution >= 4 is 11.3 Å². The Balaban J connectivity index is 1.35. The molecule has 0 spiro atoms. The van der Waals surface area contributed by atoms with Crippen LogP contribution in [0, 0.1) is 0 Å². The SMILES string of the molecule is CNCCC(OCc1cccc(CN2CCC(c3ccccc3)(N(C)C)CC2)c1)c1cccs1. The Morgan fingerprint density at radius 3 is 2.44 bits per heavy atom. The second kappa shape index (κ2) is 12.1. The van der Waals surface area contributed by atoms with Gasteiger partial charge in [0.2, 0.25) is 0 Å². The number of nitrogens with one attached hydrogen (secondary N) is 1. The molecule has 1 fully saturated rings. The van der Waals surface area contributed by atoms with Gasteiger partial charge in [0.05, 0.1) is 12.7 Å². The fourth-order valence-electron chi connectivity index (χ4n) is 5.15. The summed E-state index contributed by atoms with van der Waals surface area (Å²) < 4.78 is 6.37. The number of hydrogen-bond acceptors (Lipinski definition) is 5. The number of ether oxygens (including phenoxy) is 1. The van der Waals surface area contributed by atoms with E-state index in [0.29, 0.717) is 6.61 Å². The molecule has 1 aliphatic rings. The van der Waals surface area contributed by atoms with E-state index in [-0.39, 0.29) is 11.6 Å². The predicted octanol–water partition coefficient (Wildman–Crippen LogP) is 5.67. The quantitative estimate of drug-likeness (QED) is 0.385. The first-order chi connectivity index (χ1) is 16.6. The molecule has 34 heavy (non-hydrogen) atoms. The largest absolute Gasteiger partial charge is 0.368 e. The van der Waals surface area contributed by atoms with Crippen molar-refractivity contribution in [2.45, 2.75) is 44.1 Å². The van der Waals surface area contributed by atoms with E-state index in [0.717, 1.165) is 45.4 Å². The highest BCUT2D eigenvalue weighted by Gasteiger charge is 2.37. The Hall–Kier alpha value is -2.02. The van der Waals surface area contributed by atoms with Crippen molar-refractivity contribution in [3.8, 4) is 0 Å². The summed E-state index contributed by atoms with van der Waals surface area (Å²) >= 11 is 1.78. The van der Waals surface area contributed by atoms with Crippen LogP contribution < -0.4 is 5.32 Å². The van der Waals surface area contributed by atoms with Crippen LogP contribution in [0.3, 0.4) is 0 Å². The van der Waals surface area contributed by atoms with Crippen molar-refractivity contribution < 1.29 is 4.74 Å². The Morgan fingerprint density at radius 2 is 1.76 bits per heavy atom. The van der Waals surface area contributed by atoms with Crippen molar-refractivity contribution in [1.82, 2.24) is 15.1 Å². The van der Waals surface area contributed by atoms with E-state index in [1.807, 2.05) is 7.05 Å². The summed E-state index contributed by atoms with van der Waals surface area (Å²) in [5.74, 6) is 0. The van der Waals surface area contributed by atoms with Crippen LogP contribution in [0.2, 0.25) is 0 Å². The fraction of sp³-hybridized carbons (Fsp3) is 0.448. The molecule has 4 rings (SSSR count). The minimum Gasteiger partial charge on any atom is -0.368 e. The van der Waals surface area contributed by atoms with Crippen LogP contribution in [0.1, 0.15) is 46.9 Å². The first-order valence-electron chi connectivity index (χ1n) is 12.4. The Labute approximate surface area is 209 Å². The third kappa shape index (κ3) is 6.15. The van der Waals surface area contributed by atoms with Crippen molar-refractivity contribution in [3.63, 3.8) is 0 Å². The Morgan fingerprint density at radius 1 is 1.00 bits per heavy atom. The van der Waals surface area contributed by atoms with Crippen LogP contribution in [0.15, 0.2) is 72.1 Å². The number of piperidine rings is 1. The average Bonchev–Trinajstić information content (AvgIpc) is 3.40. The summed E-state index contributed by atoms with van der Waals surface area (Å²) in [6.07, 6.45) is 3.44. The minimum absolute atomic E-state index is 0.137. The fourth-order valence-corrected chi connectivity index (χ4v) is 5.96. The first kappa shape index (κ1) is 25.1. The van der Waals surface area contributed by atoms with Gasteiger partial charge in [-0.3, -0.25) is 9.80 Å².